The van der Waals surface area contributed by atoms with Crippen molar-refractivity contribution in [1.82, 2.24) is 14.5 Å². The van der Waals surface area contributed by atoms with E-state index < -0.39 is 16.1 Å². The summed E-state index contributed by atoms with van der Waals surface area (Å²) < 4.78 is 38.2. The first-order valence-electron chi connectivity index (χ1n) is 16.3. The molecule has 5 rings (SSSR count). The van der Waals surface area contributed by atoms with Gasteiger partial charge in [0.25, 0.3) is 0 Å². The number of methoxy groups -OCH3 is 2. The van der Waals surface area contributed by atoms with Crippen LogP contribution in [0.3, 0.4) is 0 Å². The number of aryl methyl sites for hydroxylation is 1. The van der Waals surface area contributed by atoms with E-state index in [2.05, 4.69) is 5.32 Å². The molecule has 0 bridgehead atoms. The first kappa shape index (κ1) is 34.7. The van der Waals surface area contributed by atoms with Gasteiger partial charge in [0.05, 0.1) is 19.1 Å². The van der Waals surface area contributed by atoms with E-state index in [1.807, 2.05) is 78.9 Å². The van der Waals surface area contributed by atoms with Gasteiger partial charge in [-0.15, -0.1) is 0 Å². The number of benzene rings is 4. The van der Waals surface area contributed by atoms with Crippen molar-refractivity contribution in [3.8, 4) is 11.5 Å². The molecule has 0 aromatic heterocycles. The molecule has 252 valence electrons. The summed E-state index contributed by atoms with van der Waals surface area (Å²) in [6.07, 6.45) is 2.85. The summed E-state index contributed by atoms with van der Waals surface area (Å²) in [6, 6.07) is 30.5. The number of nitrogens with one attached hydrogen (secondary N) is 1. The number of hydrogen-bond donors (Lipinski definition) is 1. The number of carbonyl (C=O) groups excluding carboxylic acids is 2. The molecular formula is C38H43N3O6S. The van der Waals surface area contributed by atoms with Gasteiger partial charge < -0.3 is 19.7 Å². The Morgan fingerprint density at radius 1 is 0.771 bits per heavy atom. The molecule has 0 spiro atoms. The number of ether oxygens (including phenoxy) is 2. The predicted molar refractivity (Wildman–Crippen MR) is 185 cm³/mol. The second kappa shape index (κ2) is 16.4. The van der Waals surface area contributed by atoms with Crippen molar-refractivity contribution in [3.63, 3.8) is 0 Å². The predicted octanol–water partition coefficient (Wildman–Crippen LogP) is 5.55. The Balaban J connectivity index is 1.33. The third-order valence-electron chi connectivity index (χ3n) is 8.61. The van der Waals surface area contributed by atoms with Gasteiger partial charge in [-0.3, -0.25) is 9.59 Å². The van der Waals surface area contributed by atoms with Crippen molar-refractivity contribution < 1.29 is 27.5 Å². The number of sulfonamides is 1. The fraction of sp³-hybridized carbons (Fsp3) is 0.316. The fourth-order valence-electron chi connectivity index (χ4n) is 5.98. The summed E-state index contributed by atoms with van der Waals surface area (Å²) in [5.74, 6) is 0.789. The Bertz CT molecular complexity index is 1760. The molecular weight excluding hydrogens is 627 g/mol. The highest BCUT2D eigenvalue weighted by atomic mass is 32.2. The molecule has 1 heterocycles. The van der Waals surface area contributed by atoms with Crippen molar-refractivity contribution in [2.24, 2.45) is 0 Å². The third kappa shape index (κ3) is 8.62. The zero-order valence-electron chi connectivity index (χ0n) is 27.5. The van der Waals surface area contributed by atoms with E-state index in [9.17, 15) is 18.0 Å². The summed E-state index contributed by atoms with van der Waals surface area (Å²) in [7, 11) is -0.346. The Morgan fingerprint density at radius 3 is 2.04 bits per heavy atom. The minimum Gasteiger partial charge on any atom is -0.493 e. The first-order valence-corrected chi connectivity index (χ1v) is 17.7. The Morgan fingerprint density at radius 2 is 1.40 bits per heavy atom. The average Bonchev–Trinajstić information content (AvgIpc) is 3.68. The van der Waals surface area contributed by atoms with Gasteiger partial charge in [0.2, 0.25) is 21.8 Å². The first-order chi connectivity index (χ1) is 23.3. The van der Waals surface area contributed by atoms with Crippen molar-refractivity contribution >= 4 is 21.8 Å². The number of rotatable bonds is 15. The van der Waals surface area contributed by atoms with E-state index in [-0.39, 0.29) is 29.7 Å². The van der Waals surface area contributed by atoms with E-state index in [4.69, 9.17) is 9.47 Å². The van der Waals surface area contributed by atoms with Gasteiger partial charge in [-0.2, -0.15) is 4.31 Å². The number of nitrogens with zero attached hydrogens (tertiary/aromatic N) is 2. The largest absolute Gasteiger partial charge is 0.493 e. The van der Waals surface area contributed by atoms with E-state index in [0.717, 1.165) is 29.5 Å². The maximum Gasteiger partial charge on any atom is 0.247 e. The summed E-state index contributed by atoms with van der Waals surface area (Å²) in [5, 5.41) is 3.07. The van der Waals surface area contributed by atoms with Gasteiger partial charge in [0.15, 0.2) is 11.5 Å². The highest BCUT2D eigenvalue weighted by molar-refractivity contribution is 7.89. The van der Waals surface area contributed by atoms with Gasteiger partial charge >= 0.3 is 0 Å². The van der Waals surface area contributed by atoms with E-state index >= 15 is 0 Å². The van der Waals surface area contributed by atoms with Crippen LogP contribution in [0.25, 0.3) is 0 Å². The molecule has 0 radical (unpaired) electrons. The second-order valence-corrected chi connectivity index (χ2v) is 13.7. The number of hydrogen-bond acceptors (Lipinski definition) is 6. The van der Waals surface area contributed by atoms with Crippen LogP contribution in [0.4, 0.5) is 0 Å². The summed E-state index contributed by atoms with van der Waals surface area (Å²) in [6.45, 7) is 1.69. The van der Waals surface area contributed by atoms with E-state index in [1.54, 1.807) is 43.4 Å². The number of amides is 2. The SMILES string of the molecule is COc1ccc(CCNC(=O)[C@H](c2ccccc2)N(Cc2ccccc2)C(=O)CCc2ccc(S(=O)(=O)N3CCCC3)cc2)cc1OC. The Labute approximate surface area is 283 Å². The maximum atomic E-state index is 14.1. The molecule has 9 nitrogen and oxygen atoms in total. The molecule has 4 aromatic rings. The number of carbonyl (C=O) groups is 2. The van der Waals surface area contributed by atoms with Crippen LogP contribution in [0.1, 0.15) is 47.6 Å². The molecule has 0 aliphatic carbocycles. The lowest BCUT2D eigenvalue weighted by Gasteiger charge is -2.32. The van der Waals surface area contributed by atoms with Crippen LogP contribution in [0.15, 0.2) is 108 Å². The normalized spacial score (nSPS) is 13.9. The molecule has 1 aliphatic rings. The fourth-order valence-corrected chi connectivity index (χ4v) is 7.49. The highest BCUT2D eigenvalue weighted by Crippen LogP contribution is 2.29. The lowest BCUT2D eigenvalue weighted by atomic mass is 10.0. The van der Waals surface area contributed by atoms with Gasteiger partial charge in [-0.25, -0.2) is 8.42 Å². The van der Waals surface area contributed by atoms with Crippen molar-refractivity contribution in [2.45, 2.75) is 49.6 Å². The molecule has 10 heteroatoms. The highest BCUT2D eigenvalue weighted by Gasteiger charge is 2.31. The Hall–Kier alpha value is -4.67. The molecule has 0 unspecified atom stereocenters. The summed E-state index contributed by atoms with van der Waals surface area (Å²) in [4.78, 5) is 30.0. The second-order valence-electron chi connectivity index (χ2n) is 11.8. The van der Waals surface area contributed by atoms with Crippen LogP contribution < -0.4 is 14.8 Å². The van der Waals surface area contributed by atoms with Crippen LogP contribution in [-0.2, 0) is 39.0 Å². The lowest BCUT2D eigenvalue weighted by Crippen LogP contribution is -2.44. The van der Waals surface area contributed by atoms with Gasteiger partial charge in [0.1, 0.15) is 6.04 Å². The van der Waals surface area contributed by atoms with Crippen LogP contribution in [0, 0.1) is 0 Å². The topological polar surface area (TPSA) is 105 Å². The van der Waals surface area contributed by atoms with E-state index in [0.29, 0.717) is 49.5 Å². The van der Waals surface area contributed by atoms with Crippen LogP contribution in [0.5, 0.6) is 11.5 Å². The summed E-state index contributed by atoms with van der Waals surface area (Å²) in [5.41, 5.74) is 3.43. The Kier molecular flexibility index (Phi) is 11.9. The minimum absolute atomic E-state index is 0.146. The van der Waals surface area contributed by atoms with Gasteiger partial charge in [-0.05, 0) is 72.2 Å². The molecule has 1 fully saturated rings. The van der Waals surface area contributed by atoms with Crippen LogP contribution in [0.2, 0.25) is 0 Å². The van der Waals surface area contributed by atoms with Crippen molar-refractivity contribution in [2.75, 3.05) is 33.9 Å². The van der Waals surface area contributed by atoms with E-state index in [1.165, 1.54) is 4.31 Å². The molecule has 48 heavy (non-hydrogen) atoms. The lowest BCUT2D eigenvalue weighted by molar-refractivity contribution is -0.141. The molecule has 0 saturated carbocycles. The van der Waals surface area contributed by atoms with Gasteiger partial charge in [-0.1, -0.05) is 78.9 Å². The maximum absolute atomic E-state index is 14.1. The van der Waals surface area contributed by atoms with Crippen molar-refractivity contribution in [1.29, 1.82) is 0 Å². The third-order valence-corrected chi connectivity index (χ3v) is 10.5. The smallest absolute Gasteiger partial charge is 0.247 e. The molecule has 1 aliphatic heterocycles. The molecule has 4 aromatic carbocycles. The van der Waals surface area contributed by atoms with Gasteiger partial charge in [0, 0.05) is 32.6 Å². The quantitative estimate of drug-likeness (QED) is 0.178. The molecule has 2 amide bonds. The standard InChI is InChI=1S/C38H43N3O6S/c1-46-34-21-17-30(27-35(34)47-2)23-24-39-38(43)37(32-13-7-4-8-14-32)41(28-31-11-5-3-6-12-31)36(42)22-18-29-15-19-33(20-16-29)48(44,45)40-25-9-10-26-40/h3-8,11-17,19-21,27,37H,9-10,18,22-26,28H2,1-2H3,(H,39,43)/t37-/m0/s1. The zero-order chi connectivity index (χ0) is 33.9. The molecule has 1 saturated heterocycles. The van der Waals surface area contributed by atoms with Crippen LogP contribution >= 0.6 is 0 Å². The van der Waals surface area contributed by atoms with Crippen LogP contribution in [-0.4, -0.2) is 63.3 Å². The molecule has 1 atom stereocenters. The minimum atomic E-state index is -3.52. The average molecular weight is 670 g/mol. The molecule has 1 N–H and O–H groups in total. The summed E-state index contributed by atoms with van der Waals surface area (Å²) >= 11 is 0. The van der Waals surface area contributed by atoms with Crippen molar-refractivity contribution in [3.05, 3.63) is 125 Å². The zero-order valence-corrected chi connectivity index (χ0v) is 28.3. The monoisotopic (exact) mass is 669 g/mol.